The lowest BCUT2D eigenvalue weighted by atomic mass is 10.3. The molecule has 0 atom stereocenters. The molecule has 1 aromatic rings. The fourth-order valence-corrected chi connectivity index (χ4v) is 0.751. The molecule has 11 heavy (non-hydrogen) atoms. The number of nitrogens with two attached hydrogens (primary N) is 1. The van der Waals surface area contributed by atoms with E-state index >= 15 is 0 Å². The second-order valence-corrected chi connectivity index (χ2v) is 2.24. The molecule has 2 N–H and O–H groups in total. The average Bonchev–Trinajstić information content (AvgIpc) is 2.05. The van der Waals surface area contributed by atoms with Crippen LogP contribution in [0.15, 0.2) is 24.3 Å². The van der Waals surface area contributed by atoms with Gasteiger partial charge in [-0.05, 0) is 24.3 Å². The highest BCUT2D eigenvalue weighted by Crippen LogP contribution is 2.12. The lowest BCUT2D eigenvalue weighted by Gasteiger charge is -2.08. The van der Waals surface area contributed by atoms with Crippen molar-refractivity contribution in [2.24, 2.45) is 0 Å². The zero-order valence-electron chi connectivity index (χ0n) is 6.24. The molecular formula is C8H9N2O. The van der Waals surface area contributed by atoms with Crippen LogP contribution in [-0.4, -0.2) is 13.5 Å². The first-order valence-electron chi connectivity index (χ1n) is 3.21. The number of rotatable bonds is 2. The minimum atomic E-state index is 0.688. The number of nitrogens with zero attached hydrogens (tertiary/aromatic N) is 1. The first-order valence-corrected chi connectivity index (χ1v) is 3.21. The normalized spacial score (nSPS) is 9.18. The van der Waals surface area contributed by atoms with E-state index in [1.54, 1.807) is 37.7 Å². The average molecular weight is 149 g/mol. The van der Waals surface area contributed by atoms with E-state index in [1.807, 2.05) is 0 Å². The van der Waals surface area contributed by atoms with Crippen LogP contribution in [0.5, 0.6) is 0 Å². The molecule has 0 aliphatic heterocycles. The van der Waals surface area contributed by atoms with Crippen LogP contribution in [0.2, 0.25) is 0 Å². The first-order chi connectivity index (χ1) is 5.24. The third kappa shape index (κ3) is 1.70. The Morgan fingerprint density at radius 1 is 1.36 bits per heavy atom. The van der Waals surface area contributed by atoms with E-state index in [2.05, 4.69) is 0 Å². The van der Waals surface area contributed by atoms with Gasteiger partial charge in [0.25, 0.3) is 0 Å². The zero-order chi connectivity index (χ0) is 8.27. The zero-order valence-corrected chi connectivity index (χ0v) is 6.24. The summed E-state index contributed by atoms with van der Waals surface area (Å²) < 4.78 is 0. The molecule has 0 aliphatic carbocycles. The van der Waals surface area contributed by atoms with Gasteiger partial charge in [-0.1, -0.05) is 0 Å². The summed E-state index contributed by atoms with van der Waals surface area (Å²) in [6, 6.07) is 7.01. The smallest absolute Gasteiger partial charge is 0.316 e. The van der Waals surface area contributed by atoms with E-state index in [-0.39, 0.29) is 0 Å². The Kier molecular flexibility index (Phi) is 2.11. The van der Waals surface area contributed by atoms with Crippen molar-refractivity contribution in [3.63, 3.8) is 0 Å². The summed E-state index contributed by atoms with van der Waals surface area (Å²) in [5, 5.41) is 0. The van der Waals surface area contributed by atoms with Gasteiger partial charge in [0, 0.05) is 18.4 Å². The molecule has 0 bridgehead atoms. The lowest BCUT2D eigenvalue weighted by molar-refractivity contribution is 0.554. The molecule has 1 radical (unpaired) electrons. The summed E-state index contributed by atoms with van der Waals surface area (Å²) in [5.41, 5.74) is 6.93. The van der Waals surface area contributed by atoms with E-state index < -0.39 is 0 Å². The van der Waals surface area contributed by atoms with E-state index in [9.17, 15) is 4.79 Å². The minimum Gasteiger partial charge on any atom is -0.399 e. The number of nitrogen functional groups attached to an aromatic ring is 1. The van der Waals surface area contributed by atoms with Crippen LogP contribution in [0.3, 0.4) is 0 Å². The van der Waals surface area contributed by atoms with Crippen LogP contribution in [0.4, 0.5) is 11.4 Å². The SMILES string of the molecule is CN([C]=O)c1ccc(N)cc1. The molecule has 0 saturated carbocycles. The van der Waals surface area contributed by atoms with Gasteiger partial charge in [0.05, 0.1) is 0 Å². The predicted octanol–water partition coefficient (Wildman–Crippen LogP) is 0.772. The summed E-state index contributed by atoms with van der Waals surface area (Å²) in [6.45, 7) is 0. The number of amides is 1. The first kappa shape index (κ1) is 7.60. The summed E-state index contributed by atoms with van der Waals surface area (Å²) in [7, 11) is 1.64. The molecule has 1 amide bonds. The Morgan fingerprint density at radius 2 is 1.91 bits per heavy atom. The number of benzene rings is 1. The third-order valence-electron chi connectivity index (χ3n) is 1.42. The quantitative estimate of drug-likeness (QED) is 0.498. The van der Waals surface area contributed by atoms with Gasteiger partial charge in [-0.2, -0.15) is 0 Å². The highest BCUT2D eigenvalue weighted by molar-refractivity contribution is 5.75. The van der Waals surface area contributed by atoms with Crippen LogP contribution in [-0.2, 0) is 4.79 Å². The van der Waals surface area contributed by atoms with Gasteiger partial charge in [-0.15, -0.1) is 0 Å². The summed E-state index contributed by atoms with van der Waals surface area (Å²) >= 11 is 0. The summed E-state index contributed by atoms with van der Waals surface area (Å²) in [4.78, 5) is 11.5. The minimum absolute atomic E-state index is 0.688. The Balaban J connectivity index is 2.89. The van der Waals surface area contributed by atoms with E-state index in [4.69, 9.17) is 5.73 Å². The van der Waals surface area contributed by atoms with Crippen LogP contribution >= 0.6 is 0 Å². The topological polar surface area (TPSA) is 46.3 Å². The highest BCUT2D eigenvalue weighted by Gasteiger charge is 1.96. The van der Waals surface area contributed by atoms with Crippen molar-refractivity contribution in [3.8, 4) is 0 Å². The maximum Gasteiger partial charge on any atom is 0.316 e. The van der Waals surface area contributed by atoms with Gasteiger partial charge < -0.3 is 10.6 Å². The Hall–Kier alpha value is -1.51. The molecule has 3 nitrogen and oxygen atoms in total. The Morgan fingerprint density at radius 3 is 2.36 bits per heavy atom. The standard InChI is InChI=1S/C8H9N2O/c1-10(6-11)8-4-2-7(9)3-5-8/h2-5H,9H2,1H3. The van der Waals surface area contributed by atoms with Gasteiger partial charge >= 0.3 is 6.41 Å². The molecule has 57 valence electrons. The van der Waals surface area contributed by atoms with Crippen LogP contribution in [0.1, 0.15) is 0 Å². The molecule has 0 unspecified atom stereocenters. The maximum atomic E-state index is 10.2. The summed E-state index contributed by atoms with van der Waals surface area (Å²) in [6.07, 6.45) is 1.74. The van der Waals surface area contributed by atoms with Gasteiger partial charge in [-0.25, -0.2) is 0 Å². The molecule has 0 aliphatic rings. The predicted molar refractivity (Wildman–Crippen MR) is 45.0 cm³/mol. The Bertz CT molecular complexity index is 243. The monoisotopic (exact) mass is 149 g/mol. The maximum absolute atomic E-state index is 10.2. The van der Waals surface area contributed by atoms with Gasteiger partial charge in [0.15, 0.2) is 0 Å². The number of anilines is 2. The van der Waals surface area contributed by atoms with Crippen molar-refractivity contribution in [1.82, 2.24) is 0 Å². The van der Waals surface area contributed by atoms with E-state index in [0.717, 1.165) is 5.69 Å². The number of carbonyl (C=O) groups excluding carboxylic acids is 1. The fourth-order valence-electron chi connectivity index (χ4n) is 0.751. The largest absolute Gasteiger partial charge is 0.399 e. The Labute approximate surface area is 65.4 Å². The molecule has 0 fully saturated rings. The van der Waals surface area contributed by atoms with Gasteiger partial charge in [0.1, 0.15) is 0 Å². The van der Waals surface area contributed by atoms with Gasteiger partial charge in [0.2, 0.25) is 0 Å². The molecule has 1 aromatic carbocycles. The molecule has 0 spiro atoms. The van der Waals surface area contributed by atoms with Crippen molar-refractivity contribution in [1.29, 1.82) is 0 Å². The van der Waals surface area contributed by atoms with Crippen molar-refractivity contribution in [2.45, 2.75) is 0 Å². The molecule has 0 aromatic heterocycles. The lowest BCUT2D eigenvalue weighted by Crippen LogP contribution is -2.13. The molecule has 0 saturated heterocycles. The molecule has 3 heteroatoms. The fraction of sp³-hybridized carbons (Fsp3) is 0.125. The second kappa shape index (κ2) is 3.05. The van der Waals surface area contributed by atoms with Crippen LogP contribution < -0.4 is 10.6 Å². The number of hydrogen-bond donors (Lipinski definition) is 1. The van der Waals surface area contributed by atoms with Crippen molar-refractivity contribution in [3.05, 3.63) is 24.3 Å². The van der Waals surface area contributed by atoms with Gasteiger partial charge in [-0.3, -0.25) is 4.79 Å². The third-order valence-corrected chi connectivity index (χ3v) is 1.42. The summed E-state index contributed by atoms with van der Waals surface area (Å²) in [5.74, 6) is 0. The molecular weight excluding hydrogens is 140 g/mol. The van der Waals surface area contributed by atoms with E-state index in [0.29, 0.717) is 5.69 Å². The van der Waals surface area contributed by atoms with Crippen molar-refractivity contribution >= 4 is 17.8 Å². The molecule has 0 heterocycles. The van der Waals surface area contributed by atoms with E-state index in [1.165, 1.54) is 4.90 Å². The molecule has 1 rings (SSSR count). The highest BCUT2D eigenvalue weighted by atomic mass is 16.1. The second-order valence-electron chi connectivity index (χ2n) is 2.24. The van der Waals surface area contributed by atoms with Crippen LogP contribution in [0.25, 0.3) is 0 Å². The number of hydrogen-bond acceptors (Lipinski definition) is 2. The van der Waals surface area contributed by atoms with Crippen molar-refractivity contribution < 1.29 is 4.79 Å². The van der Waals surface area contributed by atoms with Crippen molar-refractivity contribution in [2.75, 3.05) is 17.7 Å². The van der Waals surface area contributed by atoms with Crippen LogP contribution in [0, 0.1) is 0 Å².